The third-order valence-electron chi connectivity index (χ3n) is 4.42. The van der Waals surface area contributed by atoms with Crippen LogP contribution in [0.5, 0.6) is 0 Å². The van der Waals surface area contributed by atoms with Crippen molar-refractivity contribution in [2.24, 2.45) is 11.8 Å². The van der Waals surface area contributed by atoms with E-state index in [4.69, 9.17) is 0 Å². The molecule has 0 bridgehead atoms. The van der Waals surface area contributed by atoms with Crippen LogP contribution in [0.1, 0.15) is 46.7 Å². The largest absolute Gasteiger partial charge is 0.368 e. The molecule has 20 heavy (non-hydrogen) atoms. The fourth-order valence-corrected chi connectivity index (χ4v) is 3.11. The zero-order valence-corrected chi connectivity index (χ0v) is 13.6. The van der Waals surface area contributed by atoms with Gasteiger partial charge in [0.25, 0.3) is 0 Å². The number of aromatic nitrogens is 1. The van der Waals surface area contributed by atoms with Crippen molar-refractivity contribution in [3.63, 3.8) is 0 Å². The van der Waals surface area contributed by atoms with Gasteiger partial charge in [0.15, 0.2) is 0 Å². The van der Waals surface area contributed by atoms with Crippen molar-refractivity contribution in [1.29, 1.82) is 0 Å². The number of nitrogens with one attached hydrogen (secondary N) is 1. The second-order valence-corrected chi connectivity index (χ2v) is 6.75. The predicted octanol–water partition coefficient (Wildman–Crippen LogP) is 3.45. The summed E-state index contributed by atoms with van der Waals surface area (Å²) in [6.07, 6.45) is 3.29. The van der Waals surface area contributed by atoms with Gasteiger partial charge >= 0.3 is 0 Å². The second kappa shape index (κ2) is 6.57. The van der Waals surface area contributed by atoms with E-state index in [2.05, 4.69) is 62.0 Å². The second-order valence-electron chi connectivity index (χ2n) is 6.75. The summed E-state index contributed by atoms with van der Waals surface area (Å²) >= 11 is 0. The van der Waals surface area contributed by atoms with Crippen molar-refractivity contribution in [3.8, 4) is 0 Å². The summed E-state index contributed by atoms with van der Waals surface area (Å²) in [6, 6.07) is 5.51. The normalized spacial score (nSPS) is 27.1. The number of piperidine rings is 1. The molecule has 0 spiro atoms. The molecule has 2 rings (SSSR count). The highest BCUT2D eigenvalue weighted by molar-refractivity contribution is 5.48. The highest BCUT2D eigenvalue weighted by atomic mass is 15.2. The molecule has 1 aliphatic rings. The lowest BCUT2D eigenvalue weighted by atomic mass is 9.85. The maximum atomic E-state index is 4.48. The molecule has 0 amide bonds. The van der Waals surface area contributed by atoms with E-state index in [9.17, 15) is 0 Å². The number of nitrogens with zero attached hydrogens (tertiary/aromatic N) is 2. The first-order chi connectivity index (χ1) is 9.47. The van der Waals surface area contributed by atoms with Crippen LogP contribution in [0.15, 0.2) is 18.3 Å². The van der Waals surface area contributed by atoms with E-state index in [0.717, 1.165) is 30.6 Å². The Labute approximate surface area is 123 Å². The molecule has 2 heterocycles. The fraction of sp³-hybridized carbons (Fsp3) is 0.706. The first kappa shape index (κ1) is 15.3. The van der Waals surface area contributed by atoms with Crippen LogP contribution in [-0.2, 0) is 6.54 Å². The topological polar surface area (TPSA) is 28.2 Å². The molecular weight excluding hydrogens is 246 g/mol. The Kier molecular flexibility index (Phi) is 5.03. The number of rotatable bonds is 4. The smallest absolute Gasteiger partial charge is 0.0562 e. The highest BCUT2D eigenvalue weighted by Gasteiger charge is 2.28. The summed E-state index contributed by atoms with van der Waals surface area (Å²) < 4.78 is 0. The van der Waals surface area contributed by atoms with Crippen LogP contribution < -0.4 is 10.2 Å². The fourth-order valence-electron chi connectivity index (χ4n) is 3.11. The average Bonchev–Trinajstić information content (AvgIpc) is 2.41. The van der Waals surface area contributed by atoms with E-state index in [-0.39, 0.29) is 0 Å². The van der Waals surface area contributed by atoms with E-state index in [1.54, 1.807) is 0 Å². The Morgan fingerprint density at radius 3 is 2.80 bits per heavy atom. The lowest BCUT2D eigenvalue weighted by Gasteiger charge is -2.42. The molecule has 1 aromatic heterocycles. The van der Waals surface area contributed by atoms with Gasteiger partial charge in [-0.2, -0.15) is 0 Å². The monoisotopic (exact) mass is 275 g/mol. The molecule has 1 fully saturated rings. The van der Waals surface area contributed by atoms with Crippen LogP contribution in [-0.4, -0.2) is 23.6 Å². The lowest BCUT2D eigenvalue weighted by molar-refractivity contribution is 0.297. The minimum Gasteiger partial charge on any atom is -0.368 e. The van der Waals surface area contributed by atoms with Crippen LogP contribution in [0.4, 0.5) is 5.69 Å². The van der Waals surface area contributed by atoms with Gasteiger partial charge < -0.3 is 10.2 Å². The Balaban J connectivity index is 2.13. The summed E-state index contributed by atoms with van der Waals surface area (Å²) in [5.74, 6) is 1.52. The van der Waals surface area contributed by atoms with Crippen LogP contribution in [0, 0.1) is 11.8 Å². The van der Waals surface area contributed by atoms with Gasteiger partial charge in [0.05, 0.1) is 5.69 Å². The molecule has 1 N–H and O–H groups in total. The summed E-state index contributed by atoms with van der Waals surface area (Å²) in [5.41, 5.74) is 2.46. The molecular formula is C17H29N3. The van der Waals surface area contributed by atoms with E-state index < -0.39 is 0 Å². The van der Waals surface area contributed by atoms with Gasteiger partial charge in [0.2, 0.25) is 0 Å². The van der Waals surface area contributed by atoms with Gasteiger partial charge in [0.1, 0.15) is 0 Å². The summed E-state index contributed by atoms with van der Waals surface area (Å²) in [5, 5.41) is 3.44. The average molecular weight is 275 g/mol. The van der Waals surface area contributed by atoms with E-state index in [1.165, 1.54) is 12.1 Å². The van der Waals surface area contributed by atoms with E-state index in [1.807, 2.05) is 6.20 Å². The molecule has 3 heteroatoms. The lowest BCUT2D eigenvalue weighted by Crippen LogP contribution is -2.45. The summed E-state index contributed by atoms with van der Waals surface area (Å²) in [7, 11) is 0. The maximum Gasteiger partial charge on any atom is 0.0562 e. The molecule has 1 saturated heterocycles. The molecule has 1 aromatic rings. The molecule has 3 nitrogen and oxygen atoms in total. The zero-order chi connectivity index (χ0) is 14.7. The van der Waals surface area contributed by atoms with Crippen molar-refractivity contribution in [3.05, 3.63) is 24.0 Å². The van der Waals surface area contributed by atoms with Crippen molar-refractivity contribution in [1.82, 2.24) is 10.3 Å². The minimum atomic E-state index is 0.495. The van der Waals surface area contributed by atoms with Gasteiger partial charge in [-0.25, -0.2) is 0 Å². The molecule has 112 valence electrons. The molecule has 0 radical (unpaired) electrons. The standard InChI is InChI=1S/C17H29N3/c1-12(2)19-10-16-9-17(6-7-18-16)20-11-13(3)8-14(4)15(20)5/h6-7,9,12-15,19H,8,10-11H2,1-5H3. The SMILES string of the molecule is CC1CC(C)C(C)N(c2ccnc(CNC(C)C)c2)C1. The van der Waals surface area contributed by atoms with E-state index in [0.29, 0.717) is 12.1 Å². The number of hydrogen-bond acceptors (Lipinski definition) is 3. The Hall–Kier alpha value is -1.09. The number of pyridine rings is 1. The quantitative estimate of drug-likeness (QED) is 0.912. The first-order valence-electron chi connectivity index (χ1n) is 7.92. The van der Waals surface area contributed by atoms with Gasteiger partial charge in [-0.05, 0) is 37.3 Å². The molecule has 3 unspecified atom stereocenters. The van der Waals surface area contributed by atoms with Crippen LogP contribution in [0.2, 0.25) is 0 Å². The van der Waals surface area contributed by atoms with Crippen molar-refractivity contribution < 1.29 is 0 Å². The van der Waals surface area contributed by atoms with Crippen LogP contribution in [0.25, 0.3) is 0 Å². The summed E-state index contributed by atoms with van der Waals surface area (Å²) in [6.45, 7) is 13.4. The number of anilines is 1. The third-order valence-corrected chi connectivity index (χ3v) is 4.42. The molecule has 0 aromatic carbocycles. The first-order valence-corrected chi connectivity index (χ1v) is 7.92. The molecule has 1 aliphatic heterocycles. The zero-order valence-electron chi connectivity index (χ0n) is 13.6. The van der Waals surface area contributed by atoms with Crippen LogP contribution >= 0.6 is 0 Å². The van der Waals surface area contributed by atoms with Crippen LogP contribution in [0.3, 0.4) is 0 Å². The van der Waals surface area contributed by atoms with Gasteiger partial charge in [-0.15, -0.1) is 0 Å². The highest BCUT2D eigenvalue weighted by Crippen LogP contribution is 2.31. The van der Waals surface area contributed by atoms with Crippen molar-refractivity contribution >= 4 is 5.69 Å². The van der Waals surface area contributed by atoms with Crippen molar-refractivity contribution in [2.45, 2.75) is 59.7 Å². The van der Waals surface area contributed by atoms with Crippen molar-refractivity contribution in [2.75, 3.05) is 11.4 Å². The van der Waals surface area contributed by atoms with Gasteiger partial charge in [0, 0.05) is 37.1 Å². The Morgan fingerprint density at radius 1 is 1.35 bits per heavy atom. The van der Waals surface area contributed by atoms with Gasteiger partial charge in [-0.3, -0.25) is 4.98 Å². The summed E-state index contributed by atoms with van der Waals surface area (Å²) in [4.78, 5) is 7.04. The Bertz CT molecular complexity index is 430. The van der Waals surface area contributed by atoms with Gasteiger partial charge in [-0.1, -0.05) is 27.7 Å². The number of hydrogen-bond donors (Lipinski definition) is 1. The molecule has 3 atom stereocenters. The third kappa shape index (κ3) is 3.72. The maximum absolute atomic E-state index is 4.48. The minimum absolute atomic E-state index is 0.495. The molecule has 0 saturated carbocycles. The van der Waals surface area contributed by atoms with E-state index >= 15 is 0 Å². The predicted molar refractivity (Wildman–Crippen MR) is 86.0 cm³/mol. The Morgan fingerprint density at radius 2 is 2.10 bits per heavy atom. The molecule has 0 aliphatic carbocycles.